The number of carbonyl (C=O) groups excluding carboxylic acids is 1. The fraction of sp³-hybridized carbons (Fsp3) is 0.333. The van der Waals surface area contributed by atoms with E-state index >= 15 is 0 Å². The summed E-state index contributed by atoms with van der Waals surface area (Å²) >= 11 is 0. The van der Waals surface area contributed by atoms with Crippen LogP contribution in [0.25, 0.3) is 0 Å². The Hall–Kier alpha value is -2.08. The summed E-state index contributed by atoms with van der Waals surface area (Å²) in [6.07, 6.45) is 2.39. The molecule has 0 amide bonds. The molecule has 0 aliphatic carbocycles. The zero-order valence-corrected chi connectivity index (χ0v) is 10.8. The summed E-state index contributed by atoms with van der Waals surface area (Å²) in [5, 5.41) is 0. The molecule has 0 aliphatic rings. The van der Waals surface area contributed by atoms with Gasteiger partial charge in [0.05, 0.1) is 6.61 Å². The second-order valence-electron chi connectivity index (χ2n) is 3.58. The van der Waals surface area contributed by atoms with Gasteiger partial charge in [-0.3, -0.25) is 9.79 Å². The molecule has 0 spiro atoms. The number of esters is 1. The van der Waals surface area contributed by atoms with Crippen molar-refractivity contribution in [2.45, 2.75) is 20.3 Å². The van der Waals surface area contributed by atoms with Gasteiger partial charge in [-0.2, -0.15) is 0 Å². The van der Waals surface area contributed by atoms with Crippen LogP contribution in [0.3, 0.4) is 0 Å². The molecular weight excluding hydrogens is 226 g/mol. The van der Waals surface area contributed by atoms with Crippen molar-refractivity contribution >= 4 is 12.2 Å². The Morgan fingerprint density at radius 1 is 1.44 bits per heavy atom. The van der Waals surface area contributed by atoms with E-state index in [-0.39, 0.29) is 12.5 Å². The highest BCUT2D eigenvalue weighted by molar-refractivity contribution is 5.84. The van der Waals surface area contributed by atoms with E-state index in [1.165, 1.54) is 0 Å². The molecule has 0 heterocycles. The van der Waals surface area contributed by atoms with E-state index in [9.17, 15) is 4.79 Å². The van der Waals surface area contributed by atoms with Gasteiger partial charge < -0.3 is 4.74 Å². The van der Waals surface area contributed by atoms with Crippen LogP contribution in [-0.2, 0) is 16.0 Å². The van der Waals surface area contributed by atoms with Crippen LogP contribution in [0.2, 0.25) is 0 Å². The fourth-order valence-corrected chi connectivity index (χ4v) is 1.43. The van der Waals surface area contributed by atoms with E-state index < -0.39 is 0 Å². The highest BCUT2D eigenvalue weighted by atomic mass is 16.5. The largest absolute Gasteiger partial charge is 0.465 e. The maximum atomic E-state index is 11.1. The number of aliphatic imine (C=N–C) groups is 1. The Labute approximate surface area is 108 Å². The molecule has 0 aromatic heterocycles. The van der Waals surface area contributed by atoms with Gasteiger partial charge in [0.1, 0.15) is 6.54 Å². The zero-order chi connectivity index (χ0) is 13.2. The Balaban J connectivity index is 2.67. The van der Waals surface area contributed by atoms with Gasteiger partial charge in [0.15, 0.2) is 0 Å². The Morgan fingerprint density at radius 2 is 2.22 bits per heavy atom. The first-order valence-electron chi connectivity index (χ1n) is 5.91. The van der Waals surface area contributed by atoms with Crippen LogP contribution in [-0.4, -0.2) is 25.3 Å². The smallest absolute Gasteiger partial charge is 0.327 e. The van der Waals surface area contributed by atoms with E-state index in [0.717, 1.165) is 11.1 Å². The van der Waals surface area contributed by atoms with E-state index in [0.29, 0.717) is 13.0 Å². The fourth-order valence-electron chi connectivity index (χ4n) is 1.43. The third-order valence-corrected chi connectivity index (χ3v) is 2.27. The second-order valence-corrected chi connectivity index (χ2v) is 3.58. The number of rotatable bonds is 5. The van der Waals surface area contributed by atoms with Crippen LogP contribution in [0, 0.1) is 11.8 Å². The number of nitrogens with zero attached hydrogens (tertiary/aromatic N) is 1. The normalized spacial score (nSPS) is 9.89. The summed E-state index contributed by atoms with van der Waals surface area (Å²) in [4.78, 5) is 15.2. The average molecular weight is 243 g/mol. The summed E-state index contributed by atoms with van der Waals surface area (Å²) in [5.41, 5.74) is 2.10. The van der Waals surface area contributed by atoms with Crippen LogP contribution in [0.4, 0.5) is 0 Å². The van der Waals surface area contributed by atoms with E-state index in [1.807, 2.05) is 31.2 Å². The maximum absolute atomic E-state index is 11.1. The van der Waals surface area contributed by atoms with Crippen molar-refractivity contribution in [1.82, 2.24) is 0 Å². The van der Waals surface area contributed by atoms with Crippen molar-refractivity contribution < 1.29 is 9.53 Å². The molecule has 0 radical (unpaired) electrons. The Morgan fingerprint density at radius 3 is 2.94 bits per heavy atom. The third kappa shape index (κ3) is 4.84. The Bertz CT molecular complexity index is 481. The minimum atomic E-state index is -0.306. The lowest BCUT2D eigenvalue weighted by Crippen LogP contribution is -2.07. The molecule has 0 saturated heterocycles. The SMILES string of the molecule is CC#CCc1ccccc1C=NCC(=O)OCC. The summed E-state index contributed by atoms with van der Waals surface area (Å²) < 4.78 is 4.80. The highest BCUT2D eigenvalue weighted by Gasteiger charge is 1.99. The predicted octanol–water partition coefficient (Wildman–Crippen LogP) is 2.23. The Kier molecular flexibility index (Phi) is 6.27. The van der Waals surface area contributed by atoms with Gasteiger partial charge in [-0.25, -0.2) is 0 Å². The highest BCUT2D eigenvalue weighted by Crippen LogP contribution is 2.06. The van der Waals surface area contributed by atoms with E-state index in [2.05, 4.69) is 16.8 Å². The van der Waals surface area contributed by atoms with Crippen LogP contribution in [0.1, 0.15) is 25.0 Å². The lowest BCUT2D eigenvalue weighted by molar-refractivity contribution is -0.141. The van der Waals surface area contributed by atoms with Gasteiger partial charge in [-0.1, -0.05) is 30.2 Å². The average Bonchev–Trinajstić information content (AvgIpc) is 2.38. The van der Waals surface area contributed by atoms with Crippen LogP contribution >= 0.6 is 0 Å². The van der Waals surface area contributed by atoms with Crippen molar-refractivity contribution in [3.8, 4) is 11.8 Å². The molecule has 0 saturated carbocycles. The summed E-state index contributed by atoms with van der Waals surface area (Å²) in [6.45, 7) is 4.04. The standard InChI is InChI=1S/C15H17NO2/c1-3-5-8-13-9-6-7-10-14(13)11-16-12-15(17)18-4-2/h6-7,9-11H,4,8,12H2,1-2H3. The third-order valence-electron chi connectivity index (χ3n) is 2.27. The van der Waals surface area contributed by atoms with Gasteiger partial charge in [0.25, 0.3) is 0 Å². The first-order chi connectivity index (χ1) is 8.77. The van der Waals surface area contributed by atoms with Crippen molar-refractivity contribution in [1.29, 1.82) is 0 Å². The van der Waals surface area contributed by atoms with Crippen molar-refractivity contribution in [2.24, 2.45) is 4.99 Å². The summed E-state index contributed by atoms with van der Waals surface area (Å²) in [7, 11) is 0. The van der Waals surface area contributed by atoms with Gasteiger partial charge in [0.2, 0.25) is 0 Å². The van der Waals surface area contributed by atoms with Crippen LogP contribution in [0.15, 0.2) is 29.3 Å². The van der Waals surface area contributed by atoms with Crippen molar-refractivity contribution in [2.75, 3.05) is 13.2 Å². The van der Waals surface area contributed by atoms with Crippen LogP contribution < -0.4 is 0 Å². The number of hydrogen-bond acceptors (Lipinski definition) is 3. The minimum Gasteiger partial charge on any atom is -0.465 e. The monoisotopic (exact) mass is 243 g/mol. The lowest BCUT2D eigenvalue weighted by atomic mass is 10.1. The molecule has 3 heteroatoms. The molecule has 0 aliphatic heterocycles. The van der Waals surface area contributed by atoms with Gasteiger partial charge in [0, 0.05) is 12.6 Å². The summed E-state index contributed by atoms with van der Waals surface area (Å²) in [5.74, 6) is 5.58. The molecule has 3 nitrogen and oxygen atoms in total. The molecule has 1 aromatic rings. The van der Waals surface area contributed by atoms with Gasteiger partial charge in [-0.15, -0.1) is 5.92 Å². The number of ether oxygens (including phenoxy) is 1. The molecule has 0 unspecified atom stereocenters. The van der Waals surface area contributed by atoms with E-state index in [1.54, 1.807) is 13.1 Å². The molecule has 1 aromatic carbocycles. The topological polar surface area (TPSA) is 38.7 Å². The molecule has 0 N–H and O–H groups in total. The second kappa shape index (κ2) is 8.08. The lowest BCUT2D eigenvalue weighted by Gasteiger charge is -2.01. The first kappa shape index (κ1) is 14.0. The maximum Gasteiger partial charge on any atom is 0.327 e. The predicted molar refractivity (Wildman–Crippen MR) is 72.7 cm³/mol. The van der Waals surface area contributed by atoms with Gasteiger partial charge in [-0.05, 0) is 25.0 Å². The van der Waals surface area contributed by atoms with Crippen LogP contribution in [0.5, 0.6) is 0 Å². The molecule has 0 atom stereocenters. The molecule has 0 bridgehead atoms. The molecular formula is C15H17NO2. The molecule has 94 valence electrons. The number of hydrogen-bond donors (Lipinski definition) is 0. The first-order valence-corrected chi connectivity index (χ1v) is 5.91. The number of benzene rings is 1. The number of carbonyl (C=O) groups is 1. The van der Waals surface area contributed by atoms with Crippen molar-refractivity contribution in [3.63, 3.8) is 0 Å². The van der Waals surface area contributed by atoms with Crippen molar-refractivity contribution in [3.05, 3.63) is 35.4 Å². The quantitative estimate of drug-likeness (QED) is 0.452. The van der Waals surface area contributed by atoms with E-state index in [4.69, 9.17) is 4.74 Å². The zero-order valence-electron chi connectivity index (χ0n) is 10.8. The molecule has 18 heavy (non-hydrogen) atoms. The molecule has 0 fully saturated rings. The minimum absolute atomic E-state index is 0.0572. The summed E-state index contributed by atoms with van der Waals surface area (Å²) in [6, 6.07) is 7.88. The molecule has 1 rings (SSSR count). The van der Waals surface area contributed by atoms with Gasteiger partial charge >= 0.3 is 5.97 Å².